The molecule has 18 nitrogen and oxygen atoms in total. The van der Waals surface area contributed by atoms with Crippen molar-refractivity contribution in [2.24, 2.45) is 5.41 Å². The van der Waals surface area contributed by atoms with Crippen LogP contribution in [-0.2, 0) is 45.0 Å². The van der Waals surface area contributed by atoms with Crippen LogP contribution in [0, 0.1) is 5.41 Å². The van der Waals surface area contributed by atoms with Gasteiger partial charge in [-0.3, -0.25) is 18.2 Å². The predicted molar refractivity (Wildman–Crippen MR) is 194 cm³/mol. The van der Waals surface area contributed by atoms with Crippen LogP contribution in [0.2, 0.25) is 0 Å². The molecule has 2 aliphatic rings. The molecule has 2 rings (SSSR count). The van der Waals surface area contributed by atoms with Crippen molar-refractivity contribution in [3.63, 3.8) is 0 Å². The Morgan fingerprint density at radius 1 is 0.431 bits per heavy atom. The van der Waals surface area contributed by atoms with Crippen molar-refractivity contribution in [2.45, 2.75) is 83.1 Å². The topological polar surface area (TPSA) is 228 Å². The zero-order chi connectivity index (χ0) is 40.4. The fourth-order valence-corrected chi connectivity index (χ4v) is 8.98. The van der Waals surface area contributed by atoms with Gasteiger partial charge in [0.05, 0.1) is 110 Å². The van der Waals surface area contributed by atoms with E-state index in [1.807, 2.05) is 0 Å². The molecule has 4 atom stereocenters. The van der Waals surface area contributed by atoms with E-state index in [0.29, 0.717) is 0 Å². The average molecular weight is 827 g/mol. The number of quaternary nitrogens is 4. The molecule has 0 amide bonds. The van der Waals surface area contributed by atoms with Crippen LogP contribution in [0.1, 0.15) is 83.1 Å². The van der Waals surface area contributed by atoms with Gasteiger partial charge in [-0.25, -0.2) is 13.4 Å². The lowest BCUT2D eigenvalue weighted by Crippen LogP contribution is -3.11. The van der Waals surface area contributed by atoms with Gasteiger partial charge in [-0.05, 0) is 83.1 Å². The highest BCUT2D eigenvalue weighted by molar-refractivity contribution is 7.61. The first-order valence-electron chi connectivity index (χ1n) is 18.3. The zero-order valence-electron chi connectivity index (χ0n) is 33.4. The molecule has 312 valence electrons. The molecule has 0 aliphatic carbocycles. The van der Waals surface area contributed by atoms with Crippen LogP contribution in [0.15, 0.2) is 0 Å². The Kier molecular flexibility index (Phi) is 32.3. The Morgan fingerprint density at radius 3 is 0.804 bits per heavy atom. The maximum atomic E-state index is 11.4. The monoisotopic (exact) mass is 826 g/mol. The third-order valence-corrected chi connectivity index (χ3v) is 13.6. The van der Waals surface area contributed by atoms with E-state index in [0.717, 1.165) is 0 Å². The van der Waals surface area contributed by atoms with E-state index < -0.39 is 63.1 Å². The Balaban J connectivity index is -0.000000673. The van der Waals surface area contributed by atoms with Gasteiger partial charge in [0.1, 0.15) is 0 Å². The van der Waals surface area contributed by atoms with Gasteiger partial charge in [0.15, 0.2) is 0 Å². The maximum Gasteiger partial charge on any atom is 0.481 e. The van der Waals surface area contributed by atoms with Gasteiger partial charge in [0, 0.05) is 0 Å². The van der Waals surface area contributed by atoms with Crippen LogP contribution < -0.4 is 29.4 Å². The average Bonchev–Trinajstić information content (AvgIpc) is 3.07. The summed E-state index contributed by atoms with van der Waals surface area (Å²) in [5, 5.41) is 0. The molecule has 0 saturated carbocycles. The Bertz CT molecular complexity index is 867. The zero-order valence-corrected chi connectivity index (χ0v) is 37.0. The van der Waals surface area contributed by atoms with E-state index in [-0.39, 0.29) is 0 Å². The van der Waals surface area contributed by atoms with E-state index in [1.54, 1.807) is 19.6 Å². The third kappa shape index (κ3) is 28.4. The second kappa shape index (κ2) is 29.6. The fraction of sp³-hybridized carbons (Fsp3) is 1.00. The lowest BCUT2D eigenvalue weighted by atomic mass is 9.93. The molecule has 0 aromatic carbocycles. The molecule has 0 radical (unpaired) electrons. The van der Waals surface area contributed by atoms with Gasteiger partial charge in [-0.1, -0.05) is 0 Å². The number of hydrogen-bond donors (Lipinski definition) is 6. The van der Waals surface area contributed by atoms with E-state index in [9.17, 15) is 37.8 Å². The number of hydrogen-bond acceptors (Lipinski definition) is 12. The summed E-state index contributed by atoms with van der Waals surface area (Å²) in [4.78, 5) is 47.7. The van der Waals surface area contributed by atoms with Crippen molar-refractivity contribution < 1.29 is 84.1 Å². The highest BCUT2D eigenvalue weighted by Crippen LogP contribution is 2.64. The van der Waals surface area contributed by atoms with Crippen LogP contribution in [0.5, 0.6) is 0 Å². The standard InChI is InChI=1S/4C6H15N.C5H12O14P4/c4*1-4-7(5-2)6-3;6-20(7)14-1-5(2-15-21(8,9)18-20)3-16-22(10,11)19-23(12,13)17-4-5/h4*4-6H2,1-3H3;1-4H2,(H,6,7)(H,8,9)(H,10,11)(H,12,13)/p+2. The molecule has 6 N–H and O–H groups in total. The molecule has 22 heteroatoms. The predicted octanol–water partition coefficient (Wildman–Crippen LogP) is -1.04. The van der Waals surface area contributed by atoms with Crippen molar-refractivity contribution >= 4 is 31.3 Å². The summed E-state index contributed by atoms with van der Waals surface area (Å²) < 4.78 is 70.4. The molecule has 2 fully saturated rings. The largest absolute Gasteiger partial charge is 0.756 e. The summed E-state index contributed by atoms with van der Waals surface area (Å²) >= 11 is 0. The molecular weight excluding hydrogens is 752 g/mol. The molecule has 0 aromatic rings. The smallest absolute Gasteiger partial charge is 0.481 e. The molecule has 4 unspecified atom stereocenters. The highest BCUT2D eigenvalue weighted by atomic mass is 31.3. The first-order chi connectivity index (χ1) is 23.6. The van der Waals surface area contributed by atoms with Crippen LogP contribution >= 0.6 is 31.3 Å². The fourth-order valence-electron chi connectivity index (χ4n) is 4.47. The van der Waals surface area contributed by atoms with Crippen molar-refractivity contribution in [1.29, 1.82) is 0 Å². The lowest BCUT2D eigenvalue weighted by molar-refractivity contribution is -0.894. The van der Waals surface area contributed by atoms with Gasteiger partial charge in [0.2, 0.25) is 0 Å². The molecule has 0 bridgehead atoms. The summed E-state index contributed by atoms with van der Waals surface area (Å²) in [6.45, 7) is 38.5. The molecule has 1 spiro atoms. The van der Waals surface area contributed by atoms with Crippen molar-refractivity contribution in [3.05, 3.63) is 0 Å². The third-order valence-electron chi connectivity index (χ3n) is 8.53. The number of nitrogens with one attached hydrogen (secondary N) is 4. The highest BCUT2D eigenvalue weighted by Gasteiger charge is 2.47. The first kappa shape index (κ1) is 55.7. The summed E-state index contributed by atoms with van der Waals surface area (Å²) in [5.74, 6) is 0. The SMILES string of the molecule is CC[NH+](CC)CC.CC[NH+](CC)CC.CC[NH+](CC)CC.CC[NH+](CC)CC.O=P1([O-])OCC2(COP(=O)([O-])O1)COP(=O)(O)OP(=O)(O)OC2. The van der Waals surface area contributed by atoms with E-state index in [1.165, 1.54) is 78.5 Å². The minimum atomic E-state index is -5.32. The molecule has 2 heterocycles. The minimum Gasteiger partial charge on any atom is -0.756 e. The number of phosphoric acid groups is 4. The summed E-state index contributed by atoms with van der Waals surface area (Å²) in [5.41, 5.74) is -1.83. The normalized spacial score (nSPS) is 29.6. The van der Waals surface area contributed by atoms with Crippen molar-refractivity contribution in [1.82, 2.24) is 0 Å². The van der Waals surface area contributed by atoms with E-state index in [4.69, 9.17) is 0 Å². The lowest BCUT2D eigenvalue weighted by Gasteiger charge is -2.41. The number of phosphoric ester groups is 4. The molecule has 51 heavy (non-hydrogen) atoms. The van der Waals surface area contributed by atoms with Crippen LogP contribution in [-0.4, -0.2) is 115 Å². The van der Waals surface area contributed by atoms with Gasteiger partial charge in [-0.15, -0.1) is 0 Å². The van der Waals surface area contributed by atoms with Crippen molar-refractivity contribution in [2.75, 3.05) is 105 Å². The maximum absolute atomic E-state index is 11.4. The minimum absolute atomic E-state index is 0.846. The quantitative estimate of drug-likeness (QED) is 0.129. The molecule has 2 saturated heterocycles. The number of rotatable bonds is 12. The summed E-state index contributed by atoms with van der Waals surface area (Å²) in [7, 11) is -20.7. The molecule has 2 aliphatic heterocycles. The first-order valence-corrected chi connectivity index (χ1v) is 24.2. The second-order valence-electron chi connectivity index (χ2n) is 11.8. The van der Waals surface area contributed by atoms with Crippen molar-refractivity contribution in [3.8, 4) is 0 Å². The Hall–Kier alpha value is 0.360. The molecule has 0 aromatic heterocycles. The van der Waals surface area contributed by atoms with E-state index in [2.05, 4.69) is 110 Å². The second-order valence-corrected chi connectivity index (χ2v) is 17.8. The van der Waals surface area contributed by atoms with Gasteiger partial charge < -0.3 is 48.2 Å². The Morgan fingerprint density at radius 2 is 0.627 bits per heavy atom. The summed E-state index contributed by atoms with van der Waals surface area (Å²) in [6.07, 6.45) is 0. The summed E-state index contributed by atoms with van der Waals surface area (Å²) in [6, 6.07) is 0. The Labute approximate surface area is 308 Å². The van der Waals surface area contributed by atoms with E-state index >= 15 is 0 Å². The van der Waals surface area contributed by atoms with Crippen LogP contribution in [0.3, 0.4) is 0 Å². The van der Waals surface area contributed by atoms with Crippen LogP contribution in [0.4, 0.5) is 0 Å². The molecular formula is C29H74N4O14P4+2. The van der Waals surface area contributed by atoms with Crippen LogP contribution in [0.25, 0.3) is 0 Å². The van der Waals surface area contributed by atoms with Gasteiger partial charge >= 0.3 is 15.6 Å². The van der Waals surface area contributed by atoms with Gasteiger partial charge in [-0.2, -0.15) is 4.31 Å². The van der Waals surface area contributed by atoms with Gasteiger partial charge in [0.25, 0.3) is 15.6 Å².